The van der Waals surface area contributed by atoms with Crippen molar-refractivity contribution in [2.24, 2.45) is 16.2 Å². The monoisotopic (exact) mass is 629 g/mol. The molecule has 2 aliphatic rings. The van der Waals surface area contributed by atoms with Crippen LogP contribution in [0.3, 0.4) is 0 Å². The lowest BCUT2D eigenvalue weighted by Gasteiger charge is -2.35. The van der Waals surface area contributed by atoms with Crippen LogP contribution in [0.4, 0.5) is 0 Å². The Bertz CT molecular complexity index is 1470. The highest BCUT2D eigenvalue weighted by Crippen LogP contribution is 2.53. The molecule has 0 aromatic rings. The van der Waals surface area contributed by atoms with Gasteiger partial charge in [-0.3, -0.25) is 14.9 Å². The summed E-state index contributed by atoms with van der Waals surface area (Å²) in [5.74, 6) is 0.0439. The maximum atomic E-state index is 13.0. The molecule has 0 aliphatic heterocycles. The van der Waals surface area contributed by atoms with Gasteiger partial charge in [0.25, 0.3) is 5.70 Å². The summed E-state index contributed by atoms with van der Waals surface area (Å²) in [5.41, 5.74) is 4.84. The fraction of sp³-hybridized carbons (Fsp3) is 0.475. The minimum Gasteiger partial charge on any atom is -0.393 e. The molecular weight excluding hydrogens is 574 g/mol. The van der Waals surface area contributed by atoms with Crippen molar-refractivity contribution in [3.05, 3.63) is 128 Å². The Morgan fingerprint density at radius 2 is 1.35 bits per heavy atom. The van der Waals surface area contributed by atoms with E-state index in [4.69, 9.17) is 0 Å². The number of hydrogen-bond donors (Lipinski definition) is 2. The second-order valence-corrected chi connectivity index (χ2v) is 14.6. The first-order valence-electron chi connectivity index (χ1n) is 16.2. The van der Waals surface area contributed by atoms with Gasteiger partial charge >= 0.3 is 0 Å². The van der Waals surface area contributed by atoms with Crippen molar-refractivity contribution < 1.29 is 19.9 Å². The van der Waals surface area contributed by atoms with E-state index in [1.54, 1.807) is 31.2 Å². The predicted molar refractivity (Wildman–Crippen MR) is 191 cm³/mol. The van der Waals surface area contributed by atoms with E-state index in [1.807, 2.05) is 84.1 Å². The fourth-order valence-corrected chi connectivity index (χ4v) is 6.41. The second-order valence-electron chi connectivity index (χ2n) is 14.6. The molecule has 1 fully saturated rings. The number of carbonyl (C=O) groups is 1. The molecule has 2 aliphatic carbocycles. The molecule has 46 heavy (non-hydrogen) atoms. The molecule has 6 heteroatoms. The molecule has 0 aromatic heterocycles. The molecule has 250 valence electrons. The third-order valence-corrected chi connectivity index (χ3v) is 9.55. The van der Waals surface area contributed by atoms with Crippen LogP contribution in [0.15, 0.2) is 118 Å². The third kappa shape index (κ3) is 10.7. The van der Waals surface area contributed by atoms with Gasteiger partial charge in [-0.2, -0.15) is 0 Å². The van der Waals surface area contributed by atoms with Crippen molar-refractivity contribution in [2.45, 2.75) is 107 Å². The van der Waals surface area contributed by atoms with Crippen molar-refractivity contribution in [2.75, 3.05) is 0 Å². The Hall–Kier alpha value is -3.61. The van der Waals surface area contributed by atoms with Crippen LogP contribution in [0.5, 0.6) is 0 Å². The van der Waals surface area contributed by atoms with E-state index < -0.39 is 11.5 Å². The standard InChI is InChI=1S/C40H55NO5/c1-28(15-13-16-29(2)20-23-37(44)40(10)27-34(43)26-39(40,8)9)14-11-12-17-31(4)36(41(45)46)22-19-30(3)18-21-35-32(5)24-33(42)25-38(35,6)7/h11-23,33-34,42-43H,24-27H2,1-10H3/b12-11-,15-13+,21-18+,23-20+,28-14+,29-16+,30-19+,31-17+,36-22-/t33-,34+,40+/m1/s1. The van der Waals surface area contributed by atoms with Gasteiger partial charge in [0.15, 0.2) is 5.78 Å². The Labute approximate surface area is 276 Å². The molecule has 0 spiro atoms. The first-order chi connectivity index (χ1) is 21.3. The minimum atomic E-state index is -0.573. The molecule has 0 saturated heterocycles. The van der Waals surface area contributed by atoms with Crippen molar-refractivity contribution in [3.63, 3.8) is 0 Å². The summed E-state index contributed by atoms with van der Waals surface area (Å²) in [4.78, 5) is 24.4. The smallest absolute Gasteiger partial charge is 0.272 e. The normalized spacial score (nSPS) is 26.8. The van der Waals surface area contributed by atoms with Gasteiger partial charge in [0.2, 0.25) is 0 Å². The molecule has 3 atom stereocenters. The fourth-order valence-electron chi connectivity index (χ4n) is 6.41. The Balaban J connectivity index is 2.04. The summed E-state index contributed by atoms with van der Waals surface area (Å²) in [7, 11) is 0. The highest BCUT2D eigenvalue weighted by molar-refractivity contribution is 5.95. The number of aliphatic hydroxyl groups is 2. The number of allylic oxidation sites excluding steroid dienone is 18. The van der Waals surface area contributed by atoms with Gasteiger partial charge in [0, 0.05) is 17.1 Å². The SMILES string of the molecule is CC1=C(/C=C/C(C)=C/C=C(/C(C)=C/C=C\C=C(C)\C=C\C=C(C)\C=C\C(=O)[C@]2(C)C[C@@H](O)CC2(C)C)[N+](=O)[O-])C(C)(C)C[C@H](O)C1. The van der Waals surface area contributed by atoms with Gasteiger partial charge in [-0.05, 0) is 82.8 Å². The first-order valence-corrected chi connectivity index (χ1v) is 16.2. The van der Waals surface area contributed by atoms with Gasteiger partial charge in [-0.25, -0.2) is 0 Å². The lowest BCUT2D eigenvalue weighted by molar-refractivity contribution is -0.420. The van der Waals surface area contributed by atoms with E-state index in [0.717, 1.165) is 16.7 Å². The zero-order chi connectivity index (χ0) is 34.9. The number of hydrogen-bond acceptors (Lipinski definition) is 5. The summed E-state index contributed by atoms with van der Waals surface area (Å²) in [6.07, 6.45) is 25.6. The van der Waals surface area contributed by atoms with Crippen LogP contribution in [0.25, 0.3) is 0 Å². The Morgan fingerprint density at radius 1 is 0.761 bits per heavy atom. The molecule has 0 radical (unpaired) electrons. The zero-order valence-corrected chi connectivity index (χ0v) is 29.6. The largest absolute Gasteiger partial charge is 0.393 e. The van der Waals surface area contributed by atoms with Gasteiger partial charge in [0.1, 0.15) is 0 Å². The lowest BCUT2D eigenvalue weighted by Crippen LogP contribution is -2.36. The van der Waals surface area contributed by atoms with Crippen LogP contribution >= 0.6 is 0 Å². The summed E-state index contributed by atoms with van der Waals surface area (Å²) in [6, 6.07) is 0. The van der Waals surface area contributed by atoms with Gasteiger partial charge < -0.3 is 10.2 Å². The summed E-state index contributed by atoms with van der Waals surface area (Å²) >= 11 is 0. The maximum Gasteiger partial charge on any atom is 0.272 e. The highest BCUT2D eigenvalue weighted by Gasteiger charge is 2.52. The van der Waals surface area contributed by atoms with Gasteiger partial charge in [-0.1, -0.05) is 124 Å². The van der Waals surface area contributed by atoms with Crippen LogP contribution in [0.2, 0.25) is 0 Å². The van der Waals surface area contributed by atoms with Crippen LogP contribution in [-0.2, 0) is 4.79 Å². The van der Waals surface area contributed by atoms with E-state index in [2.05, 4.69) is 26.8 Å². The summed E-state index contributed by atoms with van der Waals surface area (Å²) in [5, 5.41) is 32.0. The van der Waals surface area contributed by atoms with Crippen molar-refractivity contribution in [3.8, 4) is 0 Å². The second kappa shape index (κ2) is 16.3. The molecule has 0 bridgehead atoms. The minimum absolute atomic E-state index is 0.0309. The summed E-state index contributed by atoms with van der Waals surface area (Å²) in [6.45, 7) is 19.9. The highest BCUT2D eigenvalue weighted by atomic mass is 16.6. The van der Waals surface area contributed by atoms with Crippen LogP contribution < -0.4 is 0 Å². The molecular formula is C40H55NO5. The van der Waals surface area contributed by atoms with E-state index >= 15 is 0 Å². The Morgan fingerprint density at radius 3 is 1.93 bits per heavy atom. The van der Waals surface area contributed by atoms with Crippen LogP contribution in [0, 0.1) is 26.4 Å². The average molecular weight is 630 g/mol. The number of ketones is 1. The topological polar surface area (TPSA) is 101 Å². The zero-order valence-electron chi connectivity index (χ0n) is 29.6. The average Bonchev–Trinajstić information content (AvgIpc) is 3.14. The first kappa shape index (κ1) is 38.6. The molecule has 0 unspecified atom stereocenters. The van der Waals surface area contributed by atoms with Crippen molar-refractivity contribution >= 4 is 5.78 Å². The van der Waals surface area contributed by atoms with E-state index in [9.17, 15) is 25.1 Å². The molecule has 1 saturated carbocycles. The van der Waals surface area contributed by atoms with Crippen LogP contribution in [0.1, 0.15) is 94.9 Å². The van der Waals surface area contributed by atoms with Crippen molar-refractivity contribution in [1.82, 2.24) is 0 Å². The van der Waals surface area contributed by atoms with Gasteiger partial charge in [-0.15, -0.1) is 0 Å². The van der Waals surface area contributed by atoms with Gasteiger partial charge in [0.05, 0.1) is 17.1 Å². The maximum absolute atomic E-state index is 13.0. The third-order valence-electron chi connectivity index (χ3n) is 9.55. The molecule has 2 rings (SSSR count). The number of rotatable bonds is 12. The number of nitro groups is 1. The Kier molecular flexibility index (Phi) is 13.7. The molecule has 2 N–H and O–H groups in total. The molecule has 0 aromatic carbocycles. The number of aliphatic hydroxyl groups excluding tert-OH is 2. The van der Waals surface area contributed by atoms with E-state index in [-0.39, 0.29) is 33.3 Å². The molecule has 0 amide bonds. The summed E-state index contributed by atoms with van der Waals surface area (Å²) < 4.78 is 0. The predicted octanol–water partition coefficient (Wildman–Crippen LogP) is 9.41. The van der Waals surface area contributed by atoms with Crippen LogP contribution in [-0.4, -0.2) is 33.1 Å². The van der Waals surface area contributed by atoms with E-state index in [1.165, 1.54) is 17.2 Å². The van der Waals surface area contributed by atoms with Crippen molar-refractivity contribution in [1.29, 1.82) is 0 Å². The lowest BCUT2D eigenvalue weighted by atomic mass is 9.66. The van der Waals surface area contributed by atoms with E-state index in [0.29, 0.717) is 31.3 Å². The molecule has 0 heterocycles. The number of nitrogens with zero attached hydrogens (tertiary/aromatic N) is 1. The quantitative estimate of drug-likeness (QED) is 0.0969. The number of carbonyl (C=O) groups excluding carboxylic acids is 1. The molecule has 6 nitrogen and oxygen atoms in total.